The number of alkyl halides is 3. The van der Waals surface area contributed by atoms with Gasteiger partial charge in [-0.25, -0.2) is 0 Å². The summed E-state index contributed by atoms with van der Waals surface area (Å²) in [5.41, 5.74) is 0.845. The van der Waals surface area contributed by atoms with Crippen LogP contribution in [0.15, 0.2) is 65.9 Å². The minimum absolute atomic E-state index is 0.0532. The lowest BCUT2D eigenvalue weighted by atomic mass is 9.69. The third-order valence-corrected chi connectivity index (χ3v) is 6.27. The molecule has 1 unspecified atom stereocenters. The first-order valence-electron chi connectivity index (χ1n) is 10.4. The van der Waals surface area contributed by atoms with Crippen molar-refractivity contribution < 1.29 is 27.8 Å². The van der Waals surface area contributed by atoms with Crippen molar-refractivity contribution in [3.8, 4) is 11.5 Å². The van der Waals surface area contributed by atoms with Gasteiger partial charge in [0.25, 0.3) is 0 Å². The second kappa shape index (κ2) is 6.86. The Morgan fingerprint density at radius 1 is 1.00 bits per heavy atom. The van der Waals surface area contributed by atoms with Gasteiger partial charge in [0.1, 0.15) is 17.3 Å². The fourth-order valence-electron chi connectivity index (χ4n) is 4.87. The number of hydrogen-bond donors (Lipinski definition) is 1. The van der Waals surface area contributed by atoms with Gasteiger partial charge in [-0.1, -0.05) is 38.1 Å². The molecule has 1 atom stereocenters. The SMILES string of the molecule is CC1(C)CC(=O)C2=C(C1)Oc1ccc3cc(O)ccc3c1C2c1ccc(C(F)(F)F)cc1. The highest BCUT2D eigenvalue weighted by molar-refractivity contribution is 6.02. The van der Waals surface area contributed by atoms with E-state index in [-0.39, 0.29) is 16.9 Å². The van der Waals surface area contributed by atoms with Gasteiger partial charge in [-0.3, -0.25) is 4.79 Å². The highest BCUT2D eigenvalue weighted by Gasteiger charge is 2.43. The standard InChI is InChI=1S/C26H21F3O3/c1-25(2)12-19(31)24-21(13-25)32-20-10-5-15-11-17(30)8-9-18(15)23(20)22(24)14-3-6-16(7-4-14)26(27,28)29/h3-11,22,30H,12-13H2,1-2H3. The van der Waals surface area contributed by atoms with E-state index in [4.69, 9.17) is 4.74 Å². The number of benzene rings is 3. The lowest BCUT2D eigenvalue weighted by molar-refractivity contribution is -0.137. The van der Waals surface area contributed by atoms with Crippen molar-refractivity contribution in [1.29, 1.82) is 0 Å². The van der Waals surface area contributed by atoms with Crippen LogP contribution in [-0.4, -0.2) is 10.9 Å². The van der Waals surface area contributed by atoms with E-state index in [1.165, 1.54) is 12.1 Å². The van der Waals surface area contributed by atoms with Crippen LogP contribution in [0.25, 0.3) is 10.8 Å². The van der Waals surface area contributed by atoms with Crippen molar-refractivity contribution in [1.82, 2.24) is 0 Å². The average molecular weight is 438 g/mol. The molecule has 1 N–H and O–H groups in total. The molecule has 0 fully saturated rings. The Morgan fingerprint density at radius 3 is 2.41 bits per heavy atom. The zero-order chi connectivity index (χ0) is 22.8. The number of fused-ring (bicyclic) bond motifs is 3. The number of Topliss-reactive ketones (excluding diaryl/α,β-unsaturated/α-hetero) is 1. The summed E-state index contributed by atoms with van der Waals surface area (Å²) in [6.07, 6.45) is -3.53. The van der Waals surface area contributed by atoms with Gasteiger partial charge in [0, 0.05) is 29.9 Å². The van der Waals surface area contributed by atoms with E-state index in [1.807, 2.05) is 19.9 Å². The predicted molar refractivity (Wildman–Crippen MR) is 115 cm³/mol. The van der Waals surface area contributed by atoms with Crippen molar-refractivity contribution >= 4 is 16.6 Å². The second-order valence-electron chi connectivity index (χ2n) is 9.32. The van der Waals surface area contributed by atoms with Gasteiger partial charge >= 0.3 is 6.18 Å². The number of phenolic OH excluding ortho intramolecular Hbond substituents is 1. The molecule has 3 aromatic rings. The Labute approximate surface area is 183 Å². The number of ketones is 1. The first-order valence-corrected chi connectivity index (χ1v) is 10.4. The zero-order valence-electron chi connectivity index (χ0n) is 17.6. The van der Waals surface area contributed by atoms with Crippen LogP contribution in [0.2, 0.25) is 0 Å². The quantitative estimate of drug-likeness (QED) is 0.458. The smallest absolute Gasteiger partial charge is 0.416 e. The van der Waals surface area contributed by atoms with E-state index in [0.29, 0.717) is 35.5 Å². The molecule has 6 heteroatoms. The largest absolute Gasteiger partial charge is 0.508 e. The Balaban J connectivity index is 1.76. The number of halogens is 3. The molecule has 164 valence electrons. The zero-order valence-corrected chi connectivity index (χ0v) is 17.6. The van der Waals surface area contributed by atoms with E-state index in [2.05, 4.69) is 0 Å². The summed E-state index contributed by atoms with van der Waals surface area (Å²) < 4.78 is 45.7. The minimum Gasteiger partial charge on any atom is -0.508 e. The summed E-state index contributed by atoms with van der Waals surface area (Å²) in [5.74, 6) is 0.672. The Bertz CT molecular complexity index is 1280. The maximum atomic E-state index is 13.3. The highest BCUT2D eigenvalue weighted by Crippen LogP contribution is 2.52. The Morgan fingerprint density at radius 2 is 1.72 bits per heavy atom. The van der Waals surface area contributed by atoms with Crippen molar-refractivity contribution in [3.63, 3.8) is 0 Å². The molecule has 1 aliphatic carbocycles. The monoisotopic (exact) mass is 438 g/mol. The van der Waals surface area contributed by atoms with Gasteiger partial charge in [-0.05, 0) is 52.1 Å². The summed E-state index contributed by atoms with van der Waals surface area (Å²) in [6.45, 7) is 4.01. The van der Waals surface area contributed by atoms with Gasteiger partial charge in [-0.15, -0.1) is 0 Å². The number of carbonyl (C=O) groups excluding carboxylic acids is 1. The molecule has 0 saturated carbocycles. The van der Waals surface area contributed by atoms with Crippen LogP contribution in [0.1, 0.15) is 49.3 Å². The summed E-state index contributed by atoms with van der Waals surface area (Å²) in [6, 6.07) is 13.6. The molecule has 1 aliphatic heterocycles. The summed E-state index contributed by atoms with van der Waals surface area (Å²) in [5, 5.41) is 11.5. The van der Waals surface area contributed by atoms with Crippen LogP contribution in [0.4, 0.5) is 13.2 Å². The summed E-state index contributed by atoms with van der Waals surface area (Å²) in [7, 11) is 0. The molecular formula is C26H21F3O3. The fourth-order valence-corrected chi connectivity index (χ4v) is 4.87. The third-order valence-electron chi connectivity index (χ3n) is 6.27. The molecule has 3 nitrogen and oxygen atoms in total. The number of allylic oxidation sites excluding steroid dienone is 2. The molecule has 0 amide bonds. The lowest BCUT2D eigenvalue weighted by Crippen LogP contribution is -2.33. The molecule has 0 spiro atoms. The minimum atomic E-state index is -4.44. The number of carbonyl (C=O) groups is 1. The maximum Gasteiger partial charge on any atom is 0.416 e. The molecular weight excluding hydrogens is 417 g/mol. The normalized spacial score (nSPS) is 20.0. The van der Waals surface area contributed by atoms with Gasteiger partial charge < -0.3 is 9.84 Å². The number of ether oxygens (including phenoxy) is 1. The van der Waals surface area contributed by atoms with Crippen LogP contribution in [0.3, 0.4) is 0 Å². The number of hydrogen-bond acceptors (Lipinski definition) is 3. The number of rotatable bonds is 1. The molecule has 0 bridgehead atoms. The highest BCUT2D eigenvalue weighted by atomic mass is 19.4. The molecule has 0 saturated heterocycles. The first kappa shape index (κ1) is 20.6. The molecule has 0 radical (unpaired) electrons. The van der Waals surface area contributed by atoms with Crippen molar-refractivity contribution in [2.45, 2.75) is 38.8 Å². The van der Waals surface area contributed by atoms with Gasteiger partial charge in [-0.2, -0.15) is 13.2 Å². The van der Waals surface area contributed by atoms with E-state index >= 15 is 0 Å². The van der Waals surface area contributed by atoms with Crippen LogP contribution >= 0.6 is 0 Å². The number of phenols is 1. The molecule has 5 rings (SSSR count). The van der Waals surface area contributed by atoms with E-state index in [9.17, 15) is 23.1 Å². The molecule has 32 heavy (non-hydrogen) atoms. The van der Waals surface area contributed by atoms with Gasteiger partial charge in [0.05, 0.1) is 5.56 Å². The fraction of sp³-hybridized carbons (Fsp3) is 0.269. The van der Waals surface area contributed by atoms with Gasteiger partial charge in [0.2, 0.25) is 0 Å². The third kappa shape index (κ3) is 3.34. The molecule has 1 heterocycles. The summed E-state index contributed by atoms with van der Waals surface area (Å²) >= 11 is 0. The average Bonchev–Trinajstić information content (AvgIpc) is 2.70. The van der Waals surface area contributed by atoms with Crippen LogP contribution in [-0.2, 0) is 11.0 Å². The van der Waals surface area contributed by atoms with E-state index < -0.39 is 17.7 Å². The van der Waals surface area contributed by atoms with Crippen molar-refractivity contribution in [2.24, 2.45) is 5.41 Å². The van der Waals surface area contributed by atoms with Crippen LogP contribution in [0, 0.1) is 5.41 Å². The Hall–Kier alpha value is -3.28. The lowest BCUT2D eigenvalue weighted by Gasteiger charge is -2.38. The first-order chi connectivity index (χ1) is 15.0. The van der Waals surface area contributed by atoms with Crippen molar-refractivity contribution in [2.75, 3.05) is 0 Å². The van der Waals surface area contributed by atoms with Gasteiger partial charge in [0.15, 0.2) is 5.78 Å². The molecule has 3 aromatic carbocycles. The number of aromatic hydroxyl groups is 1. The second-order valence-corrected chi connectivity index (χ2v) is 9.32. The van der Waals surface area contributed by atoms with Crippen LogP contribution < -0.4 is 4.74 Å². The topological polar surface area (TPSA) is 46.5 Å². The van der Waals surface area contributed by atoms with E-state index in [0.717, 1.165) is 28.5 Å². The van der Waals surface area contributed by atoms with Crippen LogP contribution in [0.5, 0.6) is 11.5 Å². The van der Waals surface area contributed by atoms with Crippen molar-refractivity contribution in [3.05, 3.63) is 82.6 Å². The molecule has 0 aromatic heterocycles. The predicted octanol–water partition coefficient (Wildman–Crippen LogP) is 6.73. The maximum absolute atomic E-state index is 13.3. The Kier molecular flexibility index (Phi) is 4.42. The molecule has 2 aliphatic rings. The van der Waals surface area contributed by atoms with E-state index in [1.54, 1.807) is 24.3 Å². The summed E-state index contributed by atoms with van der Waals surface area (Å²) in [4.78, 5) is 13.3.